The van der Waals surface area contributed by atoms with Crippen LogP contribution in [0.1, 0.15) is 38.1 Å². The van der Waals surface area contributed by atoms with Gasteiger partial charge in [-0.15, -0.1) is 0 Å². The van der Waals surface area contributed by atoms with Crippen molar-refractivity contribution in [3.63, 3.8) is 0 Å². The lowest BCUT2D eigenvalue weighted by molar-refractivity contribution is 0.0951. The fraction of sp³-hybridized carbons (Fsp3) is 0.533. The number of hydrogen-bond donors (Lipinski definition) is 3. The summed E-state index contributed by atoms with van der Waals surface area (Å²) in [7, 11) is 0. The first-order chi connectivity index (χ1) is 8.68. The van der Waals surface area contributed by atoms with Crippen molar-refractivity contribution in [1.29, 1.82) is 0 Å². The lowest BCUT2D eigenvalue weighted by Crippen LogP contribution is -2.27. The van der Waals surface area contributed by atoms with Crippen LogP contribution in [0, 0.1) is 16.7 Å². The summed E-state index contributed by atoms with van der Waals surface area (Å²) in [5.74, 6) is 0.370. The van der Waals surface area contributed by atoms with Crippen LogP contribution in [0.2, 0.25) is 0 Å². The molecule has 0 aliphatic heterocycles. The summed E-state index contributed by atoms with van der Waals surface area (Å²) in [4.78, 5) is 12.1. The van der Waals surface area contributed by atoms with Crippen LogP contribution < -0.4 is 16.8 Å². The van der Waals surface area contributed by atoms with E-state index >= 15 is 0 Å². The van der Waals surface area contributed by atoms with Crippen molar-refractivity contribution in [2.45, 2.75) is 27.7 Å². The number of nitrogens with one attached hydrogen (secondary N) is 1. The van der Waals surface area contributed by atoms with Crippen LogP contribution in [-0.4, -0.2) is 12.5 Å². The summed E-state index contributed by atoms with van der Waals surface area (Å²) >= 11 is 0. The molecule has 0 saturated heterocycles. The first-order valence-corrected chi connectivity index (χ1v) is 6.61. The molecule has 0 bridgehead atoms. The highest BCUT2D eigenvalue weighted by Crippen LogP contribution is 2.67. The molecule has 0 atom stereocenters. The molecular formula is C15H23N3O. The Morgan fingerprint density at radius 2 is 1.79 bits per heavy atom. The Hall–Kier alpha value is -1.71. The molecule has 0 spiro atoms. The Balaban J connectivity index is 2.00. The molecule has 1 amide bonds. The van der Waals surface area contributed by atoms with E-state index in [0.29, 0.717) is 29.4 Å². The van der Waals surface area contributed by atoms with Gasteiger partial charge in [0.1, 0.15) is 0 Å². The predicted octanol–water partition coefficient (Wildman–Crippen LogP) is 2.26. The van der Waals surface area contributed by atoms with Crippen molar-refractivity contribution in [2.75, 3.05) is 18.0 Å². The second-order valence-electron chi connectivity index (χ2n) is 6.55. The Labute approximate surface area is 114 Å². The molecule has 4 heteroatoms. The zero-order valence-electron chi connectivity index (χ0n) is 12.1. The Kier molecular flexibility index (Phi) is 3.00. The number of nitrogens with two attached hydrogens (primary N) is 2. The minimum Gasteiger partial charge on any atom is -0.399 e. The number of benzene rings is 1. The summed E-state index contributed by atoms with van der Waals surface area (Å²) in [6, 6.07) is 4.97. The molecule has 0 aromatic heterocycles. The Bertz CT molecular complexity index is 506. The normalized spacial score (nSPS) is 20.0. The van der Waals surface area contributed by atoms with Crippen molar-refractivity contribution < 1.29 is 4.79 Å². The Morgan fingerprint density at radius 3 is 2.26 bits per heavy atom. The molecule has 4 nitrogen and oxygen atoms in total. The van der Waals surface area contributed by atoms with Crippen LogP contribution in [0.25, 0.3) is 0 Å². The molecule has 1 saturated carbocycles. The highest BCUT2D eigenvalue weighted by atomic mass is 16.1. The molecule has 1 aliphatic carbocycles. The van der Waals surface area contributed by atoms with Crippen molar-refractivity contribution in [1.82, 2.24) is 5.32 Å². The van der Waals surface area contributed by atoms with Crippen molar-refractivity contribution in [3.8, 4) is 0 Å². The van der Waals surface area contributed by atoms with Gasteiger partial charge in [-0.05, 0) is 34.9 Å². The molecule has 0 radical (unpaired) electrons. The zero-order valence-corrected chi connectivity index (χ0v) is 12.1. The van der Waals surface area contributed by atoms with Gasteiger partial charge < -0.3 is 16.8 Å². The average molecular weight is 261 g/mol. The third kappa shape index (κ3) is 2.15. The van der Waals surface area contributed by atoms with E-state index in [-0.39, 0.29) is 16.7 Å². The van der Waals surface area contributed by atoms with Gasteiger partial charge in [-0.3, -0.25) is 4.79 Å². The van der Waals surface area contributed by atoms with Gasteiger partial charge >= 0.3 is 0 Å². The molecule has 1 aromatic carbocycles. The number of carbonyl (C=O) groups is 1. The largest absolute Gasteiger partial charge is 0.399 e. The second kappa shape index (κ2) is 4.15. The number of carbonyl (C=O) groups excluding carboxylic acids is 1. The lowest BCUT2D eigenvalue weighted by atomic mass is 10.0. The maximum Gasteiger partial charge on any atom is 0.253 e. The molecule has 0 heterocycles. The molecule has 5 N–H and O–H groups in total. The minimum atomic E-state index is -0.129. The van der Waals surface area contributed by atoms with Gasteiger partial charge in [0.2, 0.25) is 0 Å². The molecule has 19 heavy (non-hydrogen) atoms. The van der Waals surface area contributed by atoms with E-state index in [4.69, 9.17) is 11.5 Å². The SMILES string of the molecule is CC1(C)C(CNC(=O)c2ccc(N)cc2N)C1(C)C. The van der Waals surface area contributed by atoms with Crippen LogP contribution in [0.4, 0.5) is 11.4 Å². The van der Waals surface area contributed by atoms with Gasteiger partial charge in [-0.2, -0.15) is 0 Å². The predicted molar refractivity (Wildman–Crippen MR) is 78.7 cm³/mol. The van der Waals surface area contributed by atoms with Gasteiger partial charge in [0.05, 0.1) is 5.56 Å². The van der Waals surface area contributed by atoms with E-state index < -0.39 is 0 Å². The first kappa shape index (κ1) is 13.7. The summed E-state index contributed by atoms with van der Waals surface area (Å²) in [6.45, 7) is 9.63. The van der Waals surface area contributed by atoms with Crippen molar-refractivity contribution in [2.24, 2.45) is 16.7 Å². The van der Waals surface area contributed by atoms with E-state index in [9.17, 15) is 4.79 Å². The fourth-order valence-electron chi connectivity index (χ4n) is 2.92. The molecular weight excluding hydrogens is 238 g/mol. The number of rotatable bonds is 3. The van der Waals surface area contributed by atoms with Gasteiger partial charge in [0.25, 0.3) is 5.91 Å². The van der Waals surface area contributed by atoms with E-state index in [1.807, 2.05) is 0 Å². The summed E-state index contributed by atoms with van der Waals surface area (Å²) in [6.07, 6.45) is 0. The number of anilines is 2. The first-order valence-electron chi connectivity index (χ1n) is 6.61. The fourth-order valence-corrected chi connectivity index (χ4v) is 2.92. The van der Waals surface area contributed by atoms with Gasteiger partial charge in [-0.25, -0.2) is 0 Å². The molecule has 1 aromatic rings. The standard InChI is InChI=1S/C15H23N3O/c1-14(2)12(15(14,3)4)8-18-13(19)10-6-5-9(16)7-11(10)17/h5-7,12H,8,16-17H2,1-4H3,(H,18,19). The molecule has 1 fully saturated rings. The lowest BCUT2D eigenvalue weighted by Gasteiger charge is -2.09. The highest BCUT2D eigenvalue weighted by molar-refractivity contribution is 5.99. The number of hydrogen-bond acceptors (Lipinski definition) is 3. The van der Waals surface area contributed by atoms with E-state index in [2.05, 4.69) is 33.0 Å². The quantitative estimate of drug-likeness (QED) is 0.730. The maximum absolute atomic E-state index is 12.1. The Morgan fingerprint density at radius 1 is 1.21 bits per heavy atom. The maximum atomic E-state index is 12.1. The van der Waals surface area contributed by atoms with Crippen LogP contribution in [-0.2, 0) is 0 Å². The summed E-state index contributed by atoms with van der Waals surface area (Å²) in [5, 5.41) is 2.97. The van der Waals surface area contributed by atoms with Crippen LogP contribution in [0.3, 0.4) is 0 Å². The van der Waals surface area contributed by atoms with Gasteiger partial charge in [0, 0.05) is 17.9 Å². The zero-order chi connectivity index (χ0) is 14.4. The van der Waals surface area contributed by atoms with Crippen LogP contribution >= 0.6 is 0 Å². The van der Waals surface area contributed by atoms with E-state index in [1.54, 1.807) is 18.2 Å². The molecule has 0 unspecified atom stereocenters. The number of nitrogen functional groups attached to an aromatic ring is 2. The van der Waals surface area contributed by atoms with Crippen molar-refractivity contribution >= 4 is 17.3 Å². The summed E-state index contributed by atoms with van der Waals surface area (Å²) in [5.41, 5.74) is 13.5. The molecule has 2 rings (SSSR count). The second-order valence-corrected chi connectivity index (χ2v) is 6.55. The van der Waals surface area contributed by atoms with Gasteiger partial charge in [0.15, 0.2) is 0 Å². The van der Waals surface area contributed by atoms with E-state index in [1.165, 1.54) is 0 Å². The highest BCUT2D eigenvalue weighted by Gasteiger charge is 2.64. The minimum absolute atomic E-state index is 0.129. The third-order valence-corrected chi connectivity index (χ3v) is 5.11. The third-order valence-electron chi connectivity index (χ3n) is 5.11. The van der Waals surface area contributed by atoms with Gasteiger partial charge in [-0.1, -0.05) is 27.7 Å². The summed E-state index contributed by atoms with van der Waals surface area (Å²) < 4.78 is 0. The van der Waals surface area contributed by atoms with Crippen molar-refractivity contribution in [3.05, 3.63) is 23.8 Å². The van der Waals surface area contributed by atoms with Crippen LogP contribution in [0.15, 0.2) is 18.2 Å². The monoisotopic (exact) mass is 261 g/mol. The molecule has 104 valence electrons. The topological polar surface area (TPSA) is 81.1 Å². The molecule has 1 aliphatic rings. The van der Waals surface area contributed by atoms with E-state index in [0.717, 1.165) is 0 Å². The van der Waals surface area contributed by atoms with Crippen LogP contribution in [0.5, 0.6) is 0 Å². The smallest absolute Gasteiger partial charge is 0.253 e. The number of amides is 1. The average Bonchev–Trinajstić information content (AvgIpc) is 2.66.